The van der Waals surface area contributed by atoms with E-state index in [9.17, 15) is 0 Å². The number of allylic oxidation sites excluding steroid dienone is 3. The summed E-state index contributed by atoms with van der Waals surface area (Å²) in [5, 5.41) is 0. The van der Waals surface area contributed by atoms with Crippen LogP contribution in [0.4, 0.5) is 0 Å². The van der Waals surface area contributed by atoms with Crippen molar-refractivity contribution in [3.63, 3.8) is 0 Å². The Morgan fingerprint density at radius 2 is 1.86 bits per heavy atom. The van der Waals surface area contributed by atoms with Gasteiger partial charge in [-0.2, -0.15) is 0 Å². The van der Waals surface area contributed by atoms with Crippen LogP contribution in [0.3, 0.4) is 0 Å². The Kier molecular flexibility index (Phi) is 3.82. The fourth-order valence-corrected chi connectivity index (χ4v) is 4.88. The summed E-state index contributed by atoms with van der Waals surface area (Å²) in [6, 6.07) is 10.7. The maximum atomic E-state index is 2.55. The molecule has 2 aliphatic rings. The molecule has 0 spiro atoms. The number of hydrogen-bond donors (Lipinski definition) is 0. The Hall–Kier alpha value is -1.30. The molecule has 112 valence electrons. The topological polar surface area (TPSA) is 0 Å². The summed E-state index contributed by atoms with van der Waals surface area (Å²) in [6.07, 6.45) is 13.9. The average Bonchev–Trinajstić information content (AvgIpc) is 2.78. The molecule has 0 nitrogen and oxygen atoms in total. The molecule has 0 radical (unpaired) electrons. The van der Waals surface area contributed by atoms with Crippen molar-refractivity contribution in [2.24, 2.45) is 16.7 Å². The first-order valence-electron chi connectivity index (χ1n) is 8.54. The SMILES string of the molecule is CCC1CC[C@@]2(C)C(/C=C\c3ccccc3)=CCC[C@]12C. The summed E-state index contributed by atoms with van der Waals surface area (Å²) < 4.78 is 0. The van der Waals surface area contributed by atoms with Gasteiger partial charge in [-0.1, -0.05) is 75.8 Å². The van der Waals surface area contributed by atoms with E-state index >= 15 is 0 Å². The predicted octanol–water partition coefficient (Wildman–Crippen LogP) is 6.25. The Morgan fingerprint density at radius 1 is 1.10 bits per heavy atom. The molecule has 1 aromatic carbocycles. The zero-order valence-electron chi connectivity index (χ0n) is 13.7. The first kappa shape index (κ1) is 14.6. The van der Waals surface area contributed by atoms with Gasteiger partial charge in [-0.05, 0) is 53.6 Å². The maximum absolute atomic E-state index is 2.55. The van der Waals surface area contributed by atoms with Crippen LogP contribution in [0.5, 0.6) is 0 Å². The van der Waals surface area contributed by atoms with Gasteiger partial charge in [-0.25, -0.2) is 0 Å². The van der Waals surface area contributed by atoms with E-state index in [1.807, 2.05) is 0 Å². The van der Waals surface area contributed by atoms with E-state index in [-0.39, 0.29) is 0 Å². The lowest BCUT2D eigenvalue weighted by Gasteiger charge is -2.48. The highest BCUT2D eigenvalue weighted by Gasteiger charge is 2.55. The van der Waals surface area contributed by atoms with Crippen molar-refractivity contribution < 1.29 is 0 Å². The third-order valence-corrected chi connectivity index (χ3v) is 6.57. The lowest BCUT2D eigenvalue weighted by atomic mass is 9.56. The Bertz CT molecular complexity index is 551. The molecule has 3 rings (SSSR count). The molecule has 0 N–H and O–H groups in total. The van der Waals surface area contributed by atoms with Crippen LogP contribution in [0, 0.1) is 16.7 Å². The first-order chi connectivity index (χ1) is 10.1. The molecule has 0 heterocycles. The summed E-state index contributed by atoms with van der Waals surface area (Å²) in [7, 11) is 0. The highest BCUT2D eigenvalue weighted by atomic mass is 14.6. The minimum Gasteiger partial charge on any atom is -0.0807 e. The summed E-state index contributed by atoms with van der Waals surface area (Å²) in [4.78, 5) is 0. The van der Waals surface area contributed by atoms with Gasteiger partial charge in [-0.15, -0.1) is 0 Å². The quantitative estimate of drug-likeness (QED) is 0.613. The highest BCUT2D eigenvalue weighted by Crippen LogP contribution is 2.64. The zero-order valence-corrected chi connectivity index (χ0v) is 13.7. The van der Waals surface area contributed by atoms with Crippen LogP contribution in [0.2, 0.25) is 0 Å². The van der Waals surface area contributed by atoms with Crippen LogP contribution < -0.4 is 0 Å². The monoisotopic (exact) mass is 280 g/mol. The van der Waals surface area contributed by atoms with Gasteiger partial charge in [0.15, 0.2) is 0 Å². The number of benzene rings is 1. The van der Waals surface area contributed by atoms with Crippen LogP contribution in [0.1, 0.15) is 58.4 Å². The molecule has 0 aliphatic heterocycles. The molecule has 0 saturated heterocycles. The molecule has 0 bridgehead atoms. The largest absolute Gasteiger partial charge is 0.0807 e. The lowest BCUT2D eigenvalue weighted by molar-refractivity contribution is 0.0793. The van der Waals surface area contributed by atoms with Crippen LogP contribution >= 0.6 is 0 Å². The van der Waals surface area contributed by atoms with Gasteiger partial charge in [0, 0.05) is 0 Å². The lowest BCUT2D eigenvalue weighted by Crippen LogP contribution is -2.40. The fraction of sp³-hybridized carbons (Fsp3) is 0.524. The van der Waals surface area contributed by atoms with E-state index in [4.69, 9.17) is 0 Å². The van der Waals surface area contributed by atoms with Gasteiger partial charge in [0.05, 0.1) is 0 Å². The average molecular weight is 280 g/mol. The molecule has 1 unspecified atom stereocenters. The van der Waals surface area contributed by atoms with E-state index in [0.717, 1.165) is 5.92 Å². The van der Waals surface area contributed by atoms with E-state index in [0.29, 0.717) is 10.8 Å². The second-order valence-corrected chi connectivity index (χ2v) is 7.34. The van der Waals surface area contributed by atoms with Crippen molar-refractivity contribution in [2.45, 2.75) is 52.9 Å². The molecular weight excluding hydrogens is 252 g/mol. The second-order valence-electron chi connectivity index (χ2n) is 7.34. The van der Waals surface area contributed by atoms with Gasteiger partial charge >= 0.3 is 0 Å². The van der Waals surface area contributed by atoms with Gasteiger partial charge < -0.3 is 0 Å². The van der Waals surface area contributed by atoms with Crippen molar-refractivity contribution in [1.29, 1.82) is 0 Å². The van der Waals surface area contributed by atoms with Crippen molar-refractivity contribution in [1.82, 2.24) is 0 Å². The second kappa shape index (κ2) is 5.48. The number of hydrogen-bond acceptors (Lipinski definition) is 0. The summed E-state index contributed by atoms with van der Waals surface area (Å²) in [5.74, 6) is 0.899. The van der Waals surface area contributed by atoms with Gasteiger partial charge in [0.2, 0.25) is 0 Å². The number of rotatable bonds is 3. The van der Waals surface area contributed by atoms with E-state index < -0.39 is 0 Å². The van der Waals surface area contributed by atoms with Crippen molar-refractivity contribution in [3.05, 3.63) is 53.6 Å². The van der Waals surface area contributed by atoms with Gasteiger partial charge in [-0.3, -0.25) is 0 Å². The summed E-state index contributed by atoms with van der Waals surface area (Å²) in [6.45, 7) is 7.44. The Balaban J connectivity index is 1.90. The maximum Gasteiger partial charge on any atom is -0.00218 e. The standard InChI is InChI=1S/C21H28/c1-4-18-14-16-21(3)19(11-8-15-20(18,21)2)13-12-17-9-6-5-7-10-17/h5-7,9-13,18H,4,8,14-16H2,1-3H3/b13-12-/t18?,20-,21+/m1/s1. The molecule has 3 atom stereocenters. The van der Waals surface area contributed by atoms with E-state index in [1.54, 1.807) is 5.57 Å². The third-order valence-electron chi connectivity index (χ3n) is 6.57. The van der Waals surface area contributed by atoms with Crippen molar-refractivity contribution >= 4 is 6.08 Å². The molecule has 21 heavy (non-hydrogen) atoms. The van der Waals surface area contributed by atoms with Crippen molar-refractivity contribution in [3.8, 4) is 0 Å². The summed E-state index contributed by atoms with van der Waals surface area (Å²) in [5.41, 5.74) is 3.75. The smallest absolute Gasteiger partial charge is 0.00218 e. The van der Waals surface area contributed by atoms with Crippen LogP contribution in [-0.4, -0.2) is 0 Å². The van der Waals surface area contributed by atoms with Crippen LogP contribution in [0.15, 0.2) is 48.1 Å². The Morgan fingerprint density at radius 3 is 2.57 bits per heavy atom. The predicted molar refractivity (Wildman–Crippen MR) is 92.0 cm³/mol. The third kappa shape index (κ3) is 2.29. The van der Waals surface area contributed by atoms with E-state index in [2.05, 4.69) is 69.3 Å². The highest BCUT2D eigenvalue weighted by molar-refractivity contribution is 5.54. The normalized spacial score (nSPS) is 35.8. The summed E-state index contributed by atoms with van der Waals surface area (Å²) >= 11 is 0. The molecule has 0 aromatic heterocycles. The minimum absolute atomic E-state index is 0.372. The van der Waals surface area contributed by atoms with Gasteiger partial charge in [0.25, 0.3) is 0 Å². The van der Waals surface area contributed by atoms with Gasteiger partial charge in [0.1, 0.15) is 0 Å². The van der Waals surface area contributed by atoms with Crippen LogP contribution in [0.25, 0.3) is 6.08 Å². The van der Waals surface area contributed by atoms with Crippen molar-refractivity contribution in [2.75, 3.05) is 0 Å². The first-order valence-corrected chi connectivity index (χ1v) is 8.54. The molecule has 1 saturated carbocycles. The molecule has 1 aromatic rings. The zero-order chi connectivity index (χ0) is 14.9. The molecule has 0 amide bonds. The van der Waals surface area contributed by atoms with E-state index in [1.165, 1.54) is 37.7 Å². The molecule has 2 aliphatic carbocycles. The molecule has 0 heteroatoms. The van der Waals surface area contributed by atoms with Crippen LogP contribution in [-0.2, 0) is 0 Å². The fourth-order valence-electron chi connectivity index (χ4n) is 4.88. The minimum atomic E-state index is 0.372. The molecular formula is C21H28. The molecule has 1 fully saturated rings. The Labute approximate surface area is 130 Å². The number of fused-ring (bicyclic) bond motifs is 1.